The summed E-state index contributed by atoms with van der Waals surface area (Å²) in [6.45, 7) is 1.66. The molecule has 1 aliphatic rings. The second-order valence-corrected chi connectivity index (χ2v) is 9.72. The summed E-state index contributed by atoms with van der Waals surface area (Å²) in [7, 11) is 1.43. The van der Waals surface area contributed by atoms with Gasteiger partial charge in [0.25, 0.3) is 17.7 Å². The minimum atomic E-state index is -0.898. The number of anilines is 2. The van der Waals surface area contributed by atoms with Crippen LogP contribution in [0.1, 0.15) is 11.1 Å². The van der Waals surface area contributed by atoms with Crippen LogP contribution in [0.2, 0.25) is 5.02 Å². The fraction of sp³-hybridized carbons (Fsp3) is 0.111. The molecule has 9 nitrogen and oxygen atoms in total. The van der Waals surface area contributed by atoms with E-state index >= 15 is 0 Å². The Morgan fingerprint density at radius 3 is 2.58 bits per heavy atom. The molecule has 0 radical (unpaired) electrons. The highest BCUT2D eigenvalue weighted by Gasteiger charge is 2.37. The average Bonchev–Trinajstić information content (AvgIpc) is 2.86. The van der Waals surface area contributed by atoms with E-state index in [-0.39, 0.29) is 34.5 Å². The largest absolute Gasteiger partial charge is 0.493 e. The van der Waals surface area contributed by atoms with Gasteiger partial charge >= 0.3 is 6.03 Å². The van der Waals surface area contributed by atoms with Gasteiger partial charge in [-0.1, -0.05) is 35.9 Å². The van der Waals surface area contributed by atoms with Crippen molar-refractivity contribution < 1.29 is 28.7 Å². The van der Waals surface area contributed by atoms with E-state index in [9.17, 15) is 19.2 Å². The second-order valence-electron chi connectivity index (χ2n) is 8.15. The number of halogens is 2. The molecule has 5 amide bonds. The lowest BCUT2D eigenvalue weighted by atomic mass is 10.1. The van der Waals surface area contributed by atoms with E-state index in [0.29, 0.717) is 20.6 Å². The number of nitrogens with zero attached hydrogens (tertiary/aromatic N) is 1. The molecule has 0 aliphatic carbocycles. The third-order valence-electron chi connectivity index (χ3n) is 5.41. The number of methoxy groups -OCH3 is 1. The molecular formula is C27H21ClIN3O6. The Kier molecular flexibility index (Phi) is 8.32. The number of nitrogens with one attached hydrogen (secondary N) is 2. The van der Waals surface area contributed by atoms with Crippen molar-refractivity contribution in [3.05, 3.63) is 86.0 Å². The Labute approximate surface area is 236 Å². The second kappa shape index (κ2) is 11.7. The molecule has 1 saturated heterocycles. The number of aryl methyl sites for hydroxylation is 1. The Hall–Kier alpha value is -3.90. The molecule has 3 aromatic rings. The lowest BCUT2D eigenvalue weighted by Gasteiger charge is -2.27. The van der Waals surface area contributed by atoms with Gasteiger partial charge in [0.2, 0.25) is 0 Å². The first-order valence-corrected chi connectivity index (χ1v) is 12.7. The molecular weight excluding hydrogens is 625 g/mol. The van der Waals surface area contributed by atoms with E-state index in [1.807, 2.05) is 47.7 Å². The average molecular weight is 646 g/mol. The summed E-state index contributed by atoms with van der Waals surface area (Å²) in [5, 5.41) is 5.11. The van der Waals surface area contributed by atoms with Gasteiger partial charge in [-0.2, -0.15) is 0 Å². The van der Waals surface area contributed by atoms with Crippen LogP contribution in [0.4, 0.5) is 16.2 Å². The predicted octanol–water partition coefficient (Wildman–Crippen LogP) is 4.95. The lowest BCUT2D eigenvalue weighted by Crippen LogP contribution is -2.54. The number of amides is 5. The van der Waals surface area contributed by atoms with Gasteiger partial charge in [0.15, 0.2) is 18.1 Å². The molecule has 0 bridgehead atoms. The SMILES string of the molecule is COc1cc(/C=C2\C(=O)NC(=O)N(c3ccccc3Cl)C2=O)cc(I)c1OCC(=O)Nc1cccc(C)c1. The smallest absolute Gasteiger partial charge is 0.335 e. The first kappa shape index (κ1) is 27.1. The maximum atomic E-state index is 13.2. The molecule has 1 fully saturated rings. The van der Waals surface area contributed by atoms with Gasteiger partial charge in [0.05, 0.1) is 21.4 Å². The maximum Gasteiger partial charge on any atom is 0.335 e. The van der Waals surface area contributed by atoms with Crippen LogP contribution >= 0.6 is 34.2 Å². The molecule has 0 spiro atoms. The van der Waals surface area contributed by atoms with E-state index < -0.39 is 17.8 Å². The van der Waals surface area contributed by atoms with Crippen molar-refractivity contribution in [2.45, 2.75) is 6.92 Å². The van der Waals surface area contributed by atoms with Gasteiger partial charge in [-0.05, 0) is 83.1 Å². The third-order valence-corrected chi connectivity index (χ3v) is 6.53. The van der Waals surface area contributed by atoms with Crippen molar-refractivity contribution in [1.29, 1.82) is 0 Å². The van der Waals surface area contributed by atoms with E-state index in [1.54, 1.807) is 30.3 Å². The number of urea groups is 1. The summed E-state index contributed by atoms with van der Waals surface area (Å²) in [5.41, 5.74) is 1.98. The normalized spacial score (nSPS) is 14.4. The van der Waals surface area contributed by atoms with E-state index in [2.05, 4.69) is 10.6 Å². The van der Waals surface area contributed by atoms with E-state index in [4.69, 9.17) is 21.1 Å². The van der Waals surface area contributed by atoms with Crippen LogP contribution in [0.3, 0.4) is 0 Å². The molecule has 3 aromatic carbocycles. The Morgan fingerprint density at radius 1 is 1.11 bits per heavy atom. The number of carbonyl (C=O) groups is 4. The zero-order valence-electron chi connectivity index (χ0n) is 20.2. The summed E-state index contributed by atoms with van der Waals surface area (Å²) < 4.78 is 11.7. The van der Waals surface area contributed by atoms with Crippen molar-refractivity contribution >= 4 is 75.4 Å². The minimum absolute atomic E-state index is 0.148. The zero-order chi connectivity index (χ0) is 27.4. The monoisotopic (exact) mass is 645 g/mol. The molecule has 1 heterocycles. The molecule has 0 unspecified atom stereocenters. The topological polar surface area (TPSA) is 114 Å². The molecule has 38 heavy (non-hydrogen) atoms. The minimum Gasteiger partial charge on any atom is -0.493 e. The van der Waals surface area contributed by atoms with Crippen molar-refractivity contribution in [2.75, 3.05) is 23.9 Å². The predicted molar refractivity (Wildman–Crippen MR) is 151 cm³/mol. The van der Waals surface area contributed by atoms with Gasteiger partial charge in [-0.25, -0.2) is 9.69 Å². The number of para-hydroxylation sites is 1. The van der Waals surface area contributed by atoms with Gasteiger partial charge in [0, 0.05) is 5.69 Å². The van der Waals surface area contributed by atoms with Gasteiger partial charge in [-0.3, -0.25) is 19.7 Å². The zero-order valence-corrected chi connectivity index (χ0v) is 23.1. The van der Waals surface area contributed by atoms with Crippen LogP contribution in [-0.4, -0.2) is 37.5 Å². The lowest BCUT2D eigenvalue weighted by molar-refractivity contribution is -0.122. The number of hydrogen-bond acceptors (Lipinski definition) is 6. The summed E-state index contributed by atoms with van der Waals surface area (Å²) in [4.78, 5) is 51.4. The molecule has 0 atom stereocenters. The van der Waals surface area contributed by atoms with Crippen molar-refractivity contribution in [1.82, 2.24) is 5.32 Å². The first-order valence-electron chi connectivity index (χ1n) is 11.2. The fourth-order valence-electron chi connectivity index (χ4n) is 3.70. The third kappa shape index (κ3) is 5.97. The van der Waals surface area contributed by atoms with Gasteiger partial charge < -0.3 is 14.8 Å². The molecule has 2 N–H and O–H groups in total. The van der Waals surface area contributed by atoms with Crippen LogP contribution in [0.15, 0.2) is 66.2 Å². The number of barbiturate groups is 1. The van der Waals surface area contributed by atoms with Gasteiger partial charge in [-0.15, -0.1) is 0 Å². The Bertz CT molecular complexity index is 1490. The van der Waals surface area contributed by atoms with Crippen LogP contribution in [0, 0.1) is 10.5 Å². The molecule has 194 valence electrons. The van der Waals surface area contributed by atoms with Crippen molar-refractivity contribution in [3.8, 4) is 11.5 Å². The molecule has 0 aromatic heterocycles. The van der Waals surface area contributed by atoms with Crippen LogP contribution < -0.4 is 25.0 Å². The van der Waals surface area contributed by atoms with Gasteiger partial charge in [0.1, 0.15) is 5.57 Å². The highest BCUT2D eigenvalue weighted by atomic mass is 127. The van der Waals surface area contributed by atoms with E-state index in [0.717, 1.165) is 10.5 Å². The summed E-state index contributed by atoms with van der Waals surface area (Å²) in [5.74, 6) is -1.41. The number of carbonyl (C=O) groups excluding carboxylic acids is 4. The molecule has 0 saturated carbocycles. The van der Waals surface area contributed by atoms with Crippen LogP contribution in [-0.2, 0) is 14.4 Å². The Balaban J connectivity index is 1.57. The first-order chi connectivity index (χ1) is 18.2. The quantitative estimate of drug-likeness (QED) is 0.214. The highest BCUT2D eigenvalue weighted by Crippen LogP contribution is 2.35. The van der Waals surface area contributed by atoms with Crippen molar-refractivity contribution in [3.63, 3.8) is 0 Å². The van der Waals surface area contributed by atoms with Crippen LogP contribution in [0.25, 0.3) is 6.08 Å². The highest BCUT2D eigenvalue weighted by molar-refractivity contribution is 14.1. The maximum absolute atomic E-state index is 13.2. The number of rotatable bonds is 7. The summed E-state index contributed by atoms with van der Waals surface area (Å²) in [6.07, 6.45) is 1.34. The number of benzene rings is 3. The summed E-state index contributed by atoms with van der Waals surface area (Å²) in [6, 6.07) is 16.0. The standard InChI is InChI=1S/C27H21ClIN3O6/c1-15-6-5-7-17(10-15)30-23(33)14-38-24-20(29)12-16(13-22(24)37-2)11-18-25(34)31-27(36)32(26(18)35)21-9-4-3-8-19(21)28/h3-13H,14H2,1-2H3,(H,30,33)(H,31,34,36)/b18-11+. The molecule has 4 rings (SSSR count). The van der Waals surface area contributed by atoms with E-state index in [1.165, 1.54) is 25.3 Å². The number of imide groups is 2. The Morgan fingerprint density at radius 2 is 1.87 bits per heavy atom. The number of hydrogen-bond donors (Lipinski definition) is 2. The molecule has 1 aliphatic heterocycles. The fourth-order valence-corrected chi connectivity index (χ4v) is 4.70. The number of ether oxygens (including phenoxy) is 2. The molecule has 11 heteroatoms. The van der Waals surface area contributed by atoms with Crippen molar-refractivity contribution in [2.24, 2.45) is 0 Å². The summed E-state index contributed by atoms with van der Waals surface area (Å²) >= 11 is 8.18. The van der Waals surface area contributed by atoms with Crippen LogP contribution in [0.5, 0.6) is 11.5 Å².